The Morgan fingerprint density at radius 3 is 1.98 bits per heavy atom. The van der Waals surface area contributed by atoms with Gasteiger partial charge >= 0.3 is 0 Å². The molecule has 0 spiro atoms. The largest absolute Gasteiger partial charge is 0.473 e. The van der Waals surface area contributed by atoms with Gasteiger partial charge in [-0.2, -0.15) is 0 Å². The van der Waals surface area contributed by atoms with Crippen molar-refractivity contribution in [2.45, 2.75) is 33.3 Å². The molecule has 0 saturated carbocycles. The van der Waals surface area contributed by atoms with Gasteiger partial charge < -0.3 is 9.64 Å². The van der Waals surface area contributed by atoms with E-state index < -0.39 is 5.60 Å². The zero-order valence-corrected chi connectivity index (χ0v) is 28.6. The summed E-state index contributed by atoms with van der Waals surface area (Å²) in [6, 6.07) is 49.6. The minimum absolute atomic E-state index is 0.722. The van der Waals surface area contributed by atoms with Gasteiger partial charge in [0.1, 0.15) is 5.75 Å². The summed E-state index contributed by atoms with van der Waals surface area (Å²) in [6.45, 7) is 8.38. The number of nitrogens with zero attached hydrogens (tertiary/aromatic N) is 1. The maximum atomic E-state index is 7.04. The number of allylic oxidation sites excluding steroid dienone is 4. The molecule has 0 N–H and O–H groups in total. The van der Waals surface area contributed by atoms with Crippen molar-refractivity contribution in [2.24, 2.45) is 0 Å². The molecule has 0 aliphatic carbocycles. The van der Waals surface area contributed by atoms with Gasteiger partial charge in [0.15, 0.2) is 5.60 Å². The highest BCUT2D eigenvalue weighted by atomic mass is 16.5. The SMILES string of the molecule is C/C=C\C(=C/C)N(c1ccccc1)c1ccc(-c2ccc3c4c(ccc3c2)OC(c2ccccc2)(c2ccc(C=C(C)C)cc2)C=C4)cc1. The van der Waals surface area contributed by atoms with Gasteiger partial charge in [0.25, 0.3) is 0 Å². The number of fused-ring (bicyclic) bond motifs is 3. The summed E-state index contributed by atoms with van der Waals surface area (Å²) in [5.41, 5.74) is 10.8. The van der Waals surface area contributed by atoms with Crippen LogP contribution in [0.15, 0.2) is 175 Å². The first-order valence-electron chi connectivity index (χ1n) is 17.0. The van der Waals surface area contributed by atoms with E-state index in [9.17, 15) is 0 Å². The summed E-state index contributed by atoms with van der Waals surface area (Å²) in [7, 11) is 0. The molecule has 1 unspecified atom stereocenters. The number of anilines is 2. The van der Waals surface area contributed by atoms with E-state index in [2.05, 4.69) is 209 Å². The third-order valence-electron chi connectivity index (χ3n) is 9.14. The molecular formula is C47H41NO. The lowest BCUT2D eigenvalue weighted by Crippen LogP contribution is -2.34. The van der Waals surface area contributed by atoms with Gasteiger partial charge in [-0.05, 0) is 110 Å². The lowest BCUT2D eigenvalue weighted by atomic mass is 9.82. The number of hydrogen-bond acceptors (Lipinski definition) is 2. The summed E-state index contributed by atoms with van der Waals surface area (Å²) in [5, 5.41) is 2.36. The Labute approximate surface area is 290 Å². The van der Waals surface area contributed by atoms with Gasteiger partial charge in [0, 0.05) is 33.8 Å². The normalized spacial score (nSPS) is 15.6. The number of benzene rings is 6. The molecule has 2 nitrogen and oxygen atoms in total. The van der Waals surface area contributed by atoms with Crippen LogP contribution in [0, 0.1) is 0 Å². The van der Waals surface area contributed by atoms with Gasteiger partial charge in [-0.25, -0.2) is 0 Å². The van der Waals surface area contributed by atoms with Crippen LogP contribution in [0.25, 0.3) is 34.1 Å². The number of rotatable bonds is 8. The third kappa shape index (κ3) is 6.26. The molecule has 7 rings (SSSR count). The van der Waals surface area contributed by atoms with Crippen LogP contribution in [0.1, 0.15) is 49.9 Å². The van der Waals surface area contributed by atoms with Crippen LogP contribution < -0.4 is 9.64 Å². The van der Waals surface area contributed by atoms with E-state index in [1.54, 1.807) is 0 Å². The standard InChI is InChI=1S/C47H41NO/c1-5-13-41(6-2)48(42-16-11-8-12-17-42)43-26-20-36(21-27-43)37-22-28-44-38(33-37)23-29-46-45(44)30-31-47(49-46,39-14-9-7-10-15-39)40-24-18-35(19-25-40)32-34(3)4/h5-33H,1-4H3/b13-5-,41-6+. The number of ether oxygens (including phenoxy) is 1. The van der Waals surface area contributed by atoms with Gasteiger partial charge in [0.2, 0.25) is 0 Å². The minimum Gasteiger partial charge on any atom is -0.473 e. The molecule has 0 radical (unpaired) electrons. The number of para-hydroxylation sites is 1. The molecule has 1 aliphatic heterocycles. The van der Waals surface area contributed by atoms with Crippen molar-refractivity contribution < 1.29 is 4.74 Å². The van der Waals surface area contributed by atoms with E-state index in [4.69, 9.17) is 4.74 Å². The van der Waals surface area contributed by atoms with Crippen molar-refractivity contribution in [2.75, 3.05) is 4.90 Å². The topological polar surface area (TPSA) is 12.5 Å². The third-order valence-corrected chi connectivity index (χ3v) is 9.14. The molecule has 1 heterocycles. The summed E-state index contributed by atoms with van der Waals surface area (Å²) in [4.78, 5) is 2.29. The van der Waals surface area contributed by atoms with Crippen molar-refractivity contribution in [3.05, 3.63) is 197 Å². The lowest BCUT2D eigenvalue weighted by molar-refractivity contribution is 0.161. The maximum absolute atomic E-state index is 7.04. The molecule has 0 saturated heterocycles. The Hall–Kier alpha value is -5.86. The van der Waals surface area contributed by atoms with Crippen molar-refractivity contribution in [1.82, 2.24) is 0 Å². The Balaban J connectivity index is 1.23. The van der Waals surface area contributed by atoms with Crippen molar-refractivity contribution in [3.8, 4) is 16.9 Å². The molecule has 1 aliphatic rings. The molecule has 0 aromatic heterocycles. The van der Waals surface area contributed by atoms with E-state index >= 15 is 0 Å². The monoisotopic (exact) mass is 635 g/mol. The van der Waals surface area contributed by atoms with Gasteiger partial charge in [0.05, 0.1) is 0 Å². The van der Waals surface area contributed by atoms with Gasteiger partial charge in [-0.1, -0.05) is 127 Å². The average molecular weight is 636 g/mol. The first-order valence-corrected chi connectivity index (χ1v) is 17.0. The molecule has 0 fully saturated rings. The summed E-state index contributed by atoms with van der Waals surface area (Å²) >= 11 is 0. The minimum atomic E-state index is -0.722. The first kappa shape index (κ1) is 31.7. The maximum Gasteiger partial charge on any atom is 0.178 e. The van der Waals surface area contributed by atoms with E-state index in [0.29, 0.717) is 0 Å². The van der Waals surface area contributed by atoms with E-state index in [0.717, 1.165) is 39.5 Å². The Morgan fingerprint density at radius 1 is 0.653 bits per heavy atom. The predicted octanol–water partition coefficient (Wildman–Crippen LogP) is 12.9. The van der Waals surface area contributed by atoms with Crippen molar-refractivity contribution in [3.63, 3.8) is 0 Å². The molecule has 49 heavy (non-hydrogen) atoms. The smallest absolute Gasteiger partial charge is 0.178 e. The Kier molecular flexibility index (Phi) is 8.87. The fourth-order valence-corrected chi connectivity index (χ4v) is 6.80. The average Bonchev–Trinajstić information content (AvgIpc) is 3.15. The van der Waals surface area contributed by atoms with E-state index in [1.807, 2.05) is 0 Å². The Bertz CT molecular complexity index is 2200. The highest BCUT2D eigenvalue weighted by molar-refractivity contribution is 5.96. The lowest BCUT2D eigenvalue weighted by Gasteiger charge is -2.36. The van der Waals surface area contributed by atoms with Crippen LogP contribution in [0.4, 0.5) is 11.4 Å². The molecule has 6 aromatic rings. The van der Waals surface area contributed by atoms with Gasteiger partial charge in [-0.15, -0.1) is 0 Å². The van der Waals surface area contributed by atoms with Crippen LogP contribution in [0.5, 0.6) is 5.75 Å². The molecule has 1 atom stereocenters. The van der Waals surface area contributed by atoms with Crippen LogP contribution in [-0.4, -0.2) is 0 Å². The highest BCUT2D eigenvalue weighted by Gasteiger charge is 2.37. The molecule has 2 heteroatoms. The number of hydrogen-bond donors (Lipinski definition) is 0. The summed E-state index contributed by atoms with van der Waals surface area (Å²) in [5.74, 6) is 0.881. The summed E-state index contributed by atoms with van der Waals surface area (Å²) in [6.07, 6.45) is 13.0. The van der Waals surface area contributed by atoms with Crippen LogP contribution >= 0.6 is 0 Å². The van der Waals surface area contributed by atoms with Crippen molar-refractivity contribution in [1.29, 1.82) is 0 Å². The van der Waals surface area contributed by atoms with E-state index in [1.165, 1.54) is 33.0 Å². The first-order chi connectivity index (χ1) is 24.0. The van der Waals surface area contributed by atoms with Crippen LogP contribution in [-0.2, 0) is 5.60 Å². The summed E-state index contributed by atoms with van der Waals surface area (Å²) < 4.78 is 7.04. The highest BCUT2D eigenvalue weighted by Crippen LogP contribution is 2.45. The molecule has 6 aromatic carbocycles. The zero-order chi connectivity index (χ0) is 33.8. The van der Waals surface area contributed by atoms with Crippen molar-refractivity contribution >= 4 is 34.3 Å². The molecule has 240 valence electrons. The zero-order valence-electron chi connectivity index (χ0n) is 28.6. The quantitative estimate of drug-likeness (QED) is 0.154. The second-order valence-corrected chi connectivity index (χ2v) is 12.7. The van der Waals surface area contributed by atoms with Gasteiger partial charge in [-0.3, -0.25) is 0 Å². The Morgan fingerprint density at radius 2 is 1.31 bits per heavy atom. The molecule has 0 amide bonds. The molecule has 0 bridgehead atoms. The predicted molar refractivity (Wildman–Crippen MR) is 209 cm³/mol. The second-order valence-electron chi connectivity index (χ2n) is 12.7. The fraction of sp³-hybridized carbons (Fsp3) is 0.106. The fourth-order valence-electron chi connectivity index (χ4n) is 6.80. The second kappa shape index (κ2) is 13.7. The van der Waals surface area contributed by atoms with Crippen LogP contribution in [0.3, 0.4) is 0 Å². The molecular weight excluding hydrogens is 595 g/mol. The van der Waals surface area contributed by atoms with E-state index in [-0.39, 0.29) is 0 Å². The van der Waals surface area contributed by atoms with Crippen LogP contribution in [0.2, 0.25) is 0 Å².